The third-order valence-corrected chi connectivity index (χ3v) is 7.55. The Kier molecular flexibility index (Phi) is 9.84. The number of rotatable bonds is 10. The summed E-state index contributed by atoms with van der Waals surface area (Å²) in [7, 11) is 2.25. The van der Waals surface area contributed by atoms with E-state index in [0.717, 1.165) is 0 Å². The normalized spacial score (nSPS) is 18.2. The molecule has 0 aliphatic heterocycles. The molecule has 0 radical (unpaired) electrons. The van der Waals surface area contributed by atoms with E-state index in [4.69, 9.17) is 9.47 Å². The van der Waals surface area contributed by atoms with Crippen LogP contribution in [0.25, 0.3) is 0 Å². The van der Waals surface area contributed by atoms with E-state index in [1.807, 2.05) is 6.92 Å². The Balaban J connectivity index is 1.38. The van der Waals surface area contributed by atoms with Gasteiger partial charge in [-0.3, -0.25) is 0 Å². The van der Waals surface area contributed by atoms with Crippen LogP contribution in [0.3, 0.4) is 0 Å². The van der Waals surface area contributed by atoms with Gasteiger partial charge in [-0.25, -0.2) is 13.2 Å². The zero-order chi connectivity index (χ0) is 28.1. The van der Waals surface area contributed by atoms with Gasteiger partial charge in [-0.1, -0.05) is 46.8 Å². The molecule has 3 aromatic carbocycles. The second-order valence-electron chi connectivity index (χ2n) is 9.87. The van der Waals surface area contributed by atoms with Gasteiger partial charge in [-0.2, -0.15) is 8.78 Å². The van der Waals surface area contributed by atoms with Gasteiger partial charge in [0.1, 0.15) is 18.8 Å². The molecule has 2 unspecified atom stereocenters. The highest BCUT2D eigenvalue weighted by atomic mass is 31.0. The molecule has 0 bridgehead atoms. The lowest BCUT2D eigenvalue weighted by Crippen LogP contribution is -2.15. The first-order valence-electron chi connectivity index (χ1n) is 13.1. The number of aliphatic hydroxyl groups excluding tert-OH is 1. The van der Waals surface area contributed by atoms with Crippen LogP contribution in [0, 0.1) is 29.1 Å². The van der Waals surface area contributed by atoms with Crippen LogP contribution in [0.4, 0.5) is 22.0 Å². The van der Waals surface area contributed by atoms with E-state index >= 15 is 4.39 Å². The van der Waals surface area contributed by atoms with Gasteiger partial charge in [0.2, 0.25) is 11.6 Å². The van der Waals surface area contributed by atoms with E-state index in [2.05, 4.69) is 9.24 Å². The summed E-state index contributed by atoms with van der Waals surface area (Å²) >= 11 is 0. The maximum absolute atomic E-state index is 15.0. The Hall–Kier alpha value is -2.70. The predicted octanol–water partition coefficient (Wildman–Crippen LogP) is 8.45. The van der Waals surface area contributed by atoms with Crippen molar-refractivity contribution in [3.05, 3.63) is 93.8 Å². The van der Waals surface area contributed by atoms with Crippen molar-refractivity contribution in [3.8, 4) is 11.5 Å². The number of halogens is 5. The number of hydrogen-bond donors (Lipinski definition) is 1. The Morgan fingerprint density at radius 3 is 1.97 bits per heavy atom. The van der Waals surface area contributed by atoms with Gasteiger partial charge >= 0.3 is 0 Å². The van der Waals surface area contributed by atoms with E-state index in [0.29, 0.717) is 55.2 Å². The van der Waals surface area contributed by atoms with Crippen molar-refractivity contribution >= 4 is 9.24 Å². The Morgan fingerprint density at radius 1 is 0.795 bits per heavy atom. The summed E-state index contributed by atoms with van der Waals surface area (Å²) in [5, 5.41) is 10.1. The number of ether oxygens (including phenoxy) is 2. The molecule has 0 saturated heterocycles. The zero-order valence-electron chi connectivity index (χ0n) is 21.7. The van der Waals surface area contributed by atoms with Crippen molar-refractivity contribution in [3.63, 3.8) is 0 Å². The van der Waals surface area contributed by atoms with Gasteiger partial charge in [0.05, 0.1) is 6.10 Å². The van der Waals surface area contributed by atoms with Gasteiger partial charge in [0, 0.05) is 5.56 Å². The monoisotopic (exact) mass is 566 g/mol. The van der Waals surface area contributed by atoms with Gasteiger partial charge in [0.15, 0.2) is 23.1 Å². The van der Waals surface area contributed by atoms with Crippen LogP contribution in [0.2, 0.25) is 0 Å². The summed E-state index contributed by atoms with van der Waals surface area (Å²) in [5.74, 6) is -5.46. The van der Waals surface area contributed by atoms with Gasteiger partial charge in [-0.15, -0.1) is 0 Å². The molecule has 0 spiro atoms. The smallest absolute Gasteiger partial charge is 0.204 e. The Bertz CT molecular complexity index is 1290. The largest absolute Gasteiger partial charge is 0.487 e. The first-order chi connectivity index (χ1) is 18.7. The fourth-order valence-electron chi connectivity index (χ4n) is 5.28. The lowest BCUT2D eigenvalue weighted by atomic mass is 9.75. The van der Waals surface area contributed by atoms with Crippen molar-refractivity contribution in [2.24, 2.45) is 0 Å². The number of aliphatic hydroxyl groups is 1. The van der Waals surface area contributed by atoms with Crippen LogP contribution >= 0.6 is 9.24 Å². The van der Waals surface area contributed by atoms with Crippen LogP contribution in [0.5, 0.6) is 11.5 Å². The molecule has 1 saturated carbocycles. The second kappa shape index (κ2) is 13.1. The highest BCUT2D eigenvalue weighted by Gasteiger charge is 2.29. The average Bonchev–Trinajstić information content (AvgIpc) is 2.93. The van der Waals surface area contributed by atoms with Crippen molar-refractivity contribution in [2.75, 3.05) is 6.35 Å². The van der Waals surface area contributed by atoms with E-state index in [1.54, 1.807) is 18.2 Å². The SMILES string of the molecule is CCCC(O)c1ccc(C2CCC(c3ccc(COc4ccc(OCP)c(F)c4F)cc3F)CC2)c(F)c1F. The maximum Gasteiger partial charge on any atom is 0.204 e. The van der Waals surface area contributed by atoms with Gasteiger partial charge in [-0.05, 0) is 78.8 Å². The van der Waals surface area contributed by atoms with Crippen LogP contribution < -0.4 is 9.47 Å². The standard InChI is InChI=1S/C30H32F5O3P/c1-2-3-24(36)22-11-10-21(27(32)28(22)33)19-7-5-18(6-8-19)20-9-4-17(14-23(20)31)15-37-25-12-13-26(38-16-39)30(35)29(25)34/h4,9-14,18-19,24,36H,2-3,5-8,15-16,39H2,1H3. The molecule has 3 aromatic rings. The topological polar surface area (TPSA) is 38.7 Å². The van der Waals surface area contributed by atoms with Crippen molar-refractivity contribution in [1.82, 2.24) is 0 Å². The molecule has 9 heteroatoms. The Morgan fingerprint density at radius 2 is 1.38 bits per heavy atom. The van der Waals surface area contributed by atoms with Gasteiger partial charge < -0.3 is 14.6 Å². The highest BCUT2D eigenvalue weighted by molar-refractivity contribution is 7.16. The van der Waals surface area contributed by atoms with Crippen molar-refractivity contribution in [1.29, 1.82) is 0 Å². The minimum atomic E-state index is -1.18. The molecular formula is C30H32F5O3P. The molecule has 1 fully saturated rings. The molecule has 0 heterocycles. The minimum absolute atomic E-state index is 0.0208. The average molecular weight is 567 g/mol. The van der Waals surface area contributed by atoms with Crippen LogP contribution in [0.1, 0.15) is 85.6 Å². The number of benzene rings is 3. The van der Waals surface area contributed by atoms with Crippen molar-refractivity contribution in [2.45, 2.75) is 70.0 Å². The summed E-state index contributed by atoms with van der Waals surface area (Å²) in [5.41, 5.74) is 1.26. The summed E-state index contributed by atoms with van der Waals surface area (Å²) in [6.07, 6.45) is 2.43. The van der Waals surface area contributed by atoms with E-state index in [-0.39, 0.29) is 41.9 Å². The molecule has 39 heavy (non-hydrogen) atoms. The summed E-state index contributed by atoms with van der Waals surface area (Å²) in [6.45, 7) is 1.71. The quantitative estimate of drug-likeness (QED) is 0.198. The summed E-state index contributed by atoms with van der Waals surface area (Å²) < 4.78 is 83.2. The summed E-state index contributed by atoms with van der Waals surface area (Å²) in [6, 6.07) is 10.2. The Labute approximate surface area is 227 Å². The lowest BCUT2D eigenvalue weighted by molar-refractivity contribution is 0.160. The number of hydrogen-bond acceptors (Lipinski definition) is 3. The highest BCUT2D eigenvalue weighted by Crippen LogP contribution is 2.43. The molecule has 2 atom stereocenters. The molecule has 4 rings (SSSR count). The van der Waals surface area contributed by atoms with E-state index < -0.39 is 35.2 Å². The molecule has 0 amide bonds. The second-order valence-corrected chi connectivity index (χ2v) is 10.2. The third kappa shape index (κ3) is 6.55. The molecule has 3 nitrogen and oxygen atoms in total. The molecular weight excluding hydrogens is 534 g/mol. The predicted molar refractivity (Wildman–Crippen MR) is 142 cm³/mol. The van der Waals surface area contributed by atoms with Crippen LogP contribution in [-0.2, 0) is 6.61 Å². The van der Waals surface area contributed by atoms with Crippen LogP contribution in [-0.4, -0.2) is 11.5 Å². The minimum Gasteiger partial charge on any atom is -0.487 e. The summed E-state index contributed by atoms with van der Waals surface area (Å²) in [4.78, 5) is 0. The molecule has 1 N–H and O–H groups in total. The van der Waals surface area contributed by atoms with E-state index in [9.17, 15) is 22.7 Å². The fraction of sp³-hybridized carbons (Fsp3) is 0.400. The first-order valence-corrected chi connectivity index (χ1v) is 13.9. The fourth-order valence-corrected chi connectivity index (χ4v) is 5.46. The van der Waals surface area contributed by atoms with Gasteiger partial charge in [0.25, 0.3) is 0 Å². The van der Waals surface area contributed by atoms with Crippen LogP contribution in [0.15, 0.2) is 42.5 Å². The molecule has 0 aromatic heterocycles. The third-order valence-electron chi connectivity index (χ3n) is 7.38. The lowest BCUT2D eigenvalue weighted by Gasteiger charge is -2.30. The molecule has 210 valence electrons. The molecule has 1 aliphatic rings. The van der Waals surface area contributed by atoms with Crippen molar-refractivity contribution < 1.29 is 36.5 Å². The zero-order valence-corrected chi connectivity index (χ0v) is 22.8. The molecule has 1 aliphatic carbocycles. The maximum atomic E-state index is 15.0. The first kappa shape index (κ1) is 29.3. The van der Waals surface area contributed by atoms with E-state index in [1.165, 1.54) is 24.3 Å².